The van der Waals surface area contributed by atoms with Crippen molar-refractivity contribution in [1.82, 2.24) is 20.2 Å². The Labute approximate surface area is 116 Å². The number of aromatic nitrogens is 4. The lowest BCUT2D eigenvalue weighted by Gasteiger charge is -2.19. The third kappa shape index (κ3) is 3.98. The van der Waals surface area contributed by atoms with E-state index in [1.165, 1.54) is 6.20 Å². The number of hydrogen-bond donors (Lipinski definition) is 1. The van der Waals surface area contributed by atoms with Crippen LogP contribution >= 0.6 is 0 Å². The molecule has 0 aromatic carbocycles. The average molecular weight is 273 g/mol. The van der Waals surface area contributed by atoms with Crippen LogP contribution < -0.4 is 5.32 Å². The van der Waals surface area contributed by atoms with Gasteiger partial charge in [-0.2, -0.15) is 5.10 Å². The minimum Gasteiger partial charge on any atom is -0.456 e. The molecule has 7 heteroatoms. The molecule has 0 atom stereocenters. The van der Waals surface area contributed by atoms with Crippen LogP contribution in [0.5, 0.6) is 0 Å². The van der Waals surface area contributed by atoms with Gasteiger partial charge in [-0.05, 0) is 26.8 Å². The molecule has 1 N–H and O–H groups in total. The third-order valence-electron chi connectivity index (χ3n) is 2.11. The summed E-state index contributed by atoms with van der Waals surface area (Å²) in [6.45, 7) is 5.41. The lowest BCUT2D eigenvalue weighted by atomic mass is 10.2. The fraction of sp³-hybridized carbons (Fsp3) is 0.308. The highest BCUT2D eigenvalue weighted by molar-refractivity contribution is 5.90. The monoisotopic (exact) mass is 273 g/mol. The molecule has 0 saturated carbocycles. The Balaban J connectivity index is 2.14. The quantitative estimate of drug-likeness (QED) is 0.855. The van der Waals surface area contributed by atoms with E-state index in [1.54, 1.807) is 45.4 Å². The number of carbonyl (C=O) groups excluding carboxylic acids is 1. The third-order valence-corrected chi connectivity index (χ3v) is 2.11. The maximum Gasteiger partial charge on any atom is 0.340 e. The zero-order valence-corrected chi connectivity index (χ0v) is 11.5. The summed E-state index contributed by atoms with van der Waals surface area (Å²) in [6, 6.07) is 1.55. The van der Waals surface area contributed by atoms with Crippen molar-refractivity contribution in [2.45, 2.75) is 26.4 Å². The minimum atomic E-state index is -0.557. The number of carbonyl (C=O) groups is 1. The summed E-state index contributed by atoms with van der Waals surface area (Å²) in [5, 5.41) is 10.6. The summed E-state index contributed by atoms with van der Waals surface area (Å²) < 4.78 is 5.27. The first-order chi connectivity index (χ1) is 9.44. The molecule has 7 nitrogen and oxygen atoms in total. The van der Waals surface area contributed by atoms with Gasteiger partial charge in [-0.15, -0.1) is 5.10 Å². The normalized spacial score (nSPS) is 10.9. The van der Waals surface area contributed by atoms with Gasteiger partial charge in [-0.25, -0.2) is 9.78 Å². The Kier molecular flexibility index (Phi) is 3.88. The van der Waals surface area contributed by atoms with Gasteiger partial charge in [0.1, 0.15) is 11.4 Å². The number of anilines is 2. The van der Waals surface area contributed by atoms with Crippen molar-refractivity contribution >= 4 is 17.6 Å². The van der Waals surface area contributed by atoms with E-state index in [0.717, 1.165) is 0 Å². The first-order valence-electron chi connectivity index (χ1n) is 6.03. The standard InChI is InChI=1S/C13H15N5O2/c1-13(2,3)20-12(19)9-6-10(18-16-7-9)17-11-8-14-4-5-15-11/h4-8H,1-3H3,(H,15,17,18). The summed E-state index contributed by atoms with van der Waals surface area (Å²) in [4.78, 5) is 19.9. The van der Waals surface area contributed by atoms with Gasteiger partial charge in [-0.1, -0.05) is 0 Å². The summed E-state index contributed by atoms with van der Waals surface area (Å²) in [5.41, 5.74) is -0.236. The highest BCUT2D eigenvalue weighted by Gasteiger charge is 2.18. The molecule has 2 aromatic rings. The number of rotatable bonds is 3. The molecule has 0 unspecified atom stereocenters. The van der Waals surface area contributed by atoms with Gasteiger partial charge in [0.2, 0.25) is 0 Å². The van der Waals surface area contributed by atoms with E-state index in [1.807, 2.05) is 0 Å². The smallest absolute Gasteiger partial charge is 0.340 e. The van der Waals surface area contributed by atoms with E-state index in [-0.39, 0.29) is 0 Å². The van der Waals surface area contributed by atoms with Crippen LogP contribution in [0.25, 0.3) is 0 Å². The van der Waals surface area contributed by atoms with Crippen LogP contribution in [-0.4, -0.2) is 31.7 Å². The van der Waals surface area contributed by atoms with Crippen LogP contribution in [0.15, 0.2) is 30.9 Å². The number of ether oxygens (including phenoxy) is 1. The van der Waals surface area contributed by atoms with Crippen molar-refractivity contribution < 1.29 is 9.53 Å². The lowest BCUT2D eigenvalue weighted by molar-refractivity contribution is 0.00689. The Bertz CT molecular complexity index is 595. The molecule has 20 heavy (non-hydrogen) atoms. The zero-order valence-electron chi connectivity index (χ0n) is 11.5. The Morgan fingerprint density at radius 3 is 2.65 bits per heavy atom. The van der Waals surface area contributed by atoms with Crippen molar-refractivity contribution in [2.24, 2.45) is 0 Å². The maximum absolute atomic E-state index is 11.9. The summed E-state index contributed by atoms with van der Waals surface area (Å²) in [6.07, 6.45) is 6.01. The summed E-state index contributed by atoms with van der Waals surface area (Å²) >= 11 is 0. The number of nitrogens with zero attached hydrogens (tertiary/aromatic N) is 4. The molecule has 0 spiro atoms. The molecule has 2 aromatic heterocycles. The predicted octanol–water partition coefficient (Wildman–Crippen LogP) is 1.97. The lowest BCUT2D eigenvalue weighted by Crippen LogP contribution is -2.24. The van der Waals surface area contributed by atoms with Gasteiger partial charge < -0.3 is 10.1 Å². The average Bonchev–Trinajstić information content (AvgIpc) is 2.38. The highest BCUT2D eigenvalue weighted by Crippen LogP contribution is 2.15. The molecule has 0 amide bonds. The van der Waals surface area contributed by atoms with E-state index in [9.17, 15) is 4.79 Å². The van der Waals surface area contributed by atoms with Gasteiger partial charge in [0.25, 0.3) is 0 Å². The highest BCUT2D eigenvalue weighted by atomic mass is 16.6. The Morgan fingerprint density at radius 1 is 1.20 bits per heavy atom. The second-order valence-corrected chi connectivity index (χ2v) is 5.05. The van der Waals surface area contributed by atoms with Crippen molar-refractivity contribution in [2.75, 3.05) is 5.32 Å². The van der Waals surface area contributed by atoms with Crippen molar-refractivity contribution in [1.29, 1.82) is 0 Å². The minimum absolute atomic E-state index is 0.321. The van der Waals surface area contributed by atoms with Crippen LogP contribution in [0.2, 0.25) is 0 Å². The molecule has 2 rings (SSSR count). The van der Waals surface area contributed by atoms with E-state index in [0.29, 0.717) is 17.2 Å². The van der Waals surface area contributed by atoms with E-state index in [4.69, 9.17) is 4.74 Å². The number of hydrogen-bond acceptors (Lipinski definition) is 7. The van der Waals surface area contributed by atoms with Gasteiger partial charge in [0.15, 0.2) is 5.82 Å². The molecule has 0 radical (unpaired) electrons. The van der Waals surface area contributed by atoms with Crippen molar-refractivity contribution in [3.05, 3.63) is 36.4 Å². The molecule has 0 aliphatic carbocycles. The topological polar surface area (TPSA) is 89.9 Å². The molecule has 0 bridgehead atoms. The van der Waals surface area contributed by atoms with Crippen LogP contribution in [0, 0.1) is 0 Å². The van der Waals surface area contributed by atoms with E-state index in [2.05, 4.69) is 25.5 Å². The van der Waals surface area contributed by atoms with Gasteiger partial charge in [0.05, 0.1) is 18.0 Å². The second kappa shape index (κ2) is 5.60. The molecular weight excluding hydrogens is 258 g/mol. The fourth-order valence-electron chi connectivity index (χ4n) is 1.37. The summed E-state index contributed by atoms with van der Waals surface area (Å²) in [7, 11) is 0. The molecule has 0 aliphatic rings. The van der Waals surface area contributed by atoms with Crippen LogP contribution in [-0.2, 0) is 4.74 Å². The number of nitrogens with one attached hydrogen (secondary N) is 1. The maximum atomic E-state index is 11.9. The zero-order chi connectivity index (χ0) is 14.6. The molecular formula is C13H15N5O2. The second-order valence-electron chi connectivity index (χ2n) is 5.05. The van der Waals surface area contributed by atoms with Gasteiger partial charge >= 0.3 is 5.97 Å². The predicted molar refractivity (Wildman–Crippen MR) is 72.5 cm³/mol. The molecule has 2 heterocycles. The Morgan fingerprint density at radius 2 is 2.00 bits per heavy atom. The molecule has 0 saturated heterocycles. The molecule has 0 fully saturated rings. The largest absolute Gasteiger partial charge is 0.456 e. The van der Waals surface area contributed by atoms with Crippen LogP contribution in [0.4, 0.5) is 11.6 Å². The number of esters is 1. The van der Waals surface area contributed by atoms with Crippen molar-refractivity contribution in [3.63, 3.8) is 0 Å². The van der Waals surface area contributed by atoms with E-state index < -0.39 is 11.6 Å². The van der Waals surface area contributed by atoms with Crippen LogP contribution in [0.1, 0.15) is 31.1 Å². The first kappa shape index (κ1) is 13.9. The summed E-state index contributed by atoms with van der Waals surface area (Å²) in [5.74, 6) is 0.464. The Hall–Kier alpha value is -2.57. The van der Waals surface area contributed by atoms with E-state index >= 15 is 0 Å². The van der Waals surface area contributed by atoms with Crippen LogP contribution in [0.3, 0.4) is 0 Å². The SMILES string of the molecule is CC(C)(C)OC(=O)c1cnnc(Nc2cnccn2)c1. The van der Waals surface area contributed by atoms with Crippen molar-refractivity contribution in [3.8, 4) is 0 Å². The molecule has 104 valence electrons. The van der Waals surface area contributed by atoms with Gasteiger partial charge in [-0.3, -0.25) is 4.98 Å². The fourth-order valence-corrected chi connectivity index (χ4v) is 1.37. The first-order valence-corrected chi connectivity index (χ1v) is 6.03. The molecule has 0 aliphatic heterocycles. The van der Waals surface area contributed by atoms with Gasteiger partial charge in [0, 0.05) is 12.4 Å².